The summed E-state index contributed by atoms with van der Waals surface area (Å²) in [4.78, 5) is 38.2. The largest absolute Gasteiger partial charge is 0.462 e. The molecule has 0 aromatic heterocycles. The van der Waals surface area contributed by atoms with Crippen molar-refractivity contribution in [3.63, 3.8) is 0 Å². The molecule has 442 valence electrons. The van der Waals surface area contributed by atoms with E-state index in [9.17, 15) is 14.4 Å². The predicted octanol–water partition coefficient (Wildman–Crippen LogP) is 21.9. The predicted molar refractivity (Wildman–Crippen MR) is 343 cm³/mol. The van der Waals surface area contributed by atoms with Crippen LogP contribution in [0.25, 0.3) is 0 Å². The first-order valence-electron chi connectivity index (χ1n) is 31.6. The summed E-state index contributed by atoms with van der Waals surface area (Å²) in [7, 11) is 0. The fourth-order valence-electron chi connectivity index (χ4n) is 7.99. The average Bonchev–Trinajstić information content (AvgIpc) is 3.45. The molecule has 0 aliphatic heterocycles. The van der Waals surface area contributed by atoms with Crippen molar-refractivity contribution in [1.82, 2.24) is 0 Å². The lowest BCUT2D eigenvalue weighted by atomic mass is 10.1. The van der Waals surface area contributed by atoms with Gasteiger partial charge in [0.05, 0.1) is 0 Å². The van der Waals surface area contributed by atoms with Crippen molar-refractivity contribution in [3.8, 4) is 0 Å². The van der Waals surface area contributed by atoms with E-state index in [4.69, 9.17) is 14.2 Å². The van der Waals surface area contributed by atoms with Gasteiger partial charge >= 0.3 is 17.9 Å². The van der Waals surface area contributed by atoms with Crippen LogP contribution in [0.15, 0.2) is 170 Å². The van der Waals surface area contributed by atoms with Crippen LogP contribution < -0.4 is 0 Å². The van der Waals surface area contributed by atoms with Crippen molar-refractivity contribution in [1.29, 1.82) is 0 Å². The Morgan fingerprint density at radius 1 is 0.266 bits per heavy atom. The molecule has 0 aromatic carbocycles. The van der Waals surface area contributed by atoms with Crippen LogP contribution in [0.3, 0.4) is 0 Å². The molecule has 79 heavy (non-hydrogen) atoms. The molecule has 1 unspecified atom stereocenters. The second-order valence-electron chi connectivity index (χ2n) is 20.2. The van der Waals surface area contributed by atoms with Gasteiger partial charge in [-0.1, -0.05) is 255 Å². The highest BCUT2D eigenvalue weighted by Crippen LogP contribution is 2.13. The Hall–Kier alpha value is -5.23. The summed E-state index contributed by atoms with van der Waals surface area (Å²) in [5, 5.41) is 0. The topological polar surface area (TPSA) is 78.9 Å². The minimum Gasteiger partial charge on any atom is -0.462 e. The molecular formula is C73H114O6. The molecule has 0 aromatic rings. The zero-order chi connectivity index (χ0) is 57.1. The molecule has 0 saturated heterocycles. The fourth-order valence-corrected chi connectivity index (χ4v) is 7.99. The second kappa shape index (κ2) is 65.3. The molecule has 0 amide bonds. The molecule has 0 N–H and O–H groups in total. The summed E-state index contributed by atoms with van der Waals surface area (Å²) in [5.41, 5.74) is 0. The summed E-state index contributed by atoms with van der Waals surface area (Å²) >= 11 is 0. The zero-order valence-electron chi connectivity index (χ0n) is 50.6. The van der Waals surface area contributed by atoms with Crippen LogP contribution >= 0.6 is 0 Å². The SMILES string of the molecule is CC/C=C\C/C=C\C/C=C\C/C=C\C/C=C\C/C=C\C/C=C\C/C=C\C/C=C\CCCCCCCC(=O)OCC(COC(=O)CCCCCCC/C=C\CCCC)OC(=O)CCCCCC/C=C\C/C=C\C/C=C\C/C=C\CC. The molecular weight excluding hydrogens is 973 g/mol. The van der Waals surface area contributed by atoms with E-state index in [-0.39, 0.29) is 37.5 Å². The van der Waals surface area contributed by atoms with Crippen molar-refractivity contribution >= 4 is 17.9 Å². The van der Waals surface area contributed by atoms with Crippen molar-refractivity contribution in [2.24, 2.45) is 0 Å². The maximum atomic E-state index is 12.9. The van der Waals surface area contributed by atoms with Gasteiger partial charge in [0.1, 0.15) is 13.2 Å². The van der Waals surface area contributed by atoms with Gasteiger partial charge in [0.2, 0.25) is 0 Å². The van der Waals surface area contributed by atoms with Crippen LogP contribution in [0.1, 0.15) is 252 Å². The van der Waals surface area contributed by atoms with Gasteiger partial charge in [0.15, 0.2) is 6.10 Å². The number of unbranched alkanes of at least 4 members (excludes halogenated alkanes) is 16. The van der Waals surface area contributed by atoms with Crippen LogP contribution in [0.5, 0.6) is 0 Å². The van der Waals surface area contributed by atoms with Crippen LogP contribution in [0.2, 0.25) is 0 Å². The van der Waals surface area contributed by atoms with Gasteiger partial charge in [-0.3, -0.25) is 14.4 Å². The van der Waals surface area contributed by atoms with E-state index >= 15 is 0 Å². The van der Waals surface area contributed by atoms with E-state index in [0.29, 0.717) is 12.8 Å². The van der Waals surface area contributed by atoms with Crippen molar-refractivity contribution in [3.05, 3.63) is 170 Å². The number of hydrogen-bond donors (Lipinski definition) is 0. The highest BCUT2D eigenvalue weighted by molar-refractivity contribution is 5.71. The monoisotopic (exact) mass is 1090 g/mol. The van der Waals surface area contributed by atoms with Crippen LogP contribution in [0.4, 0.5) is 0 Å². The highest BCUT2D eigenvalue weighted by atomic mass is 16.6. The quantitative estimate of drug-likeness (QED) is 0.0261. The van der Waals surface area contributed by atoms with E-state index in [2.05, 4.69) is 191 Å². The van der Waals surface area contributed by atoms with E-state index in [1.54, 1.807) is 0 Å². The lowest BCUT2D eigenvalue weighted by Gasteiger charge is -2.18. The number of rotatable bonds is 55. The summed E-state index contributed by atoms with van der Waals surface area (Å²) in [5.74, 6) is -0.966. The van der Waals surface area contributed by atoms with Crippen LogP contribution in [-0.4, -0.2) is 37.2 Å². The molecule has 0 heterocycles. The van der Waals surface area contributed by atoms with Crippen molar-refractivity contribution in [2.45, 2.75) is 258 Å². The molecule has 6 heteroatoms. The number of allylic oxidation sites excluding steroid dienone is 28. The number of carbonyl (C=O) groups excluding carboxylic acids is 3. The van der Waals surface area contributed by atoms with Crippen LogP contribution in [-0.2, 0) is 28.6 Å². The third kappa shape index (κ3) is 63.5. The molecule has 0 bridgehead atoms. The molecule has 0 aliphatic carbocycles. The molecule has 0 fully saturated rings. The fraction of sp³-hybridized carbons (Fsp3) is 0.575. The average molecular weight is 1090 g/mol. The zero-order valence-corrected chi connectivity index (χ0v) is 50.6. The molecule has 0 saturated carbocycles. The first-order chi connectivity index (χ1) is 39.0. The van der Waals surface area contributed by atoms with E-state index in [0.717, 1.165) is 186 Å². The second-order valence-corrected chi connectivity index (χ2v) is 20.2. The van der Waals surface area contributed by atoms with E-state index in [1.807, 2.05) is 0 Å². The number of hydrogen-bond acceptors (Lipinski definition) is 6. The Balaban J connectivity index is 4.35. The van der Waals surface area contributed by atoms with Crippen molar-refractivity contribution < 1.29 is 28.6 Å². The first-order valence-corrected chi connectivity index (χ1v) is 31.6. The number of carbonyl (C=O) groups is 3. The molecule has 0 aliphatic rings. The maximum absolute atomic E-state index is 12.9. The molecule has 0 spiro atoms. The number of esters is 3. The third-order valence-electron chi connectivity index (χ3n) is 12.7. The molecule has 0 radical (unpaired) electrons. The van der Waals surface area contributed by atoms with Gasteiger partial charge < -0.3 is 14.2 Å². The van der Waals surface area contributed by atoms with Crippen molar-refractivity contribution in [2.75, 3.05) is 13.2 Å². The van der Waals surface area contributed by atoms with E-state index < -0.39 is 6.10 Å². The Morgan fingerprint density at radius 3 is 0.785 bits per heavy atom. The summed E-state index contributed by atoms with van der Waals surface area (Å²) in [6, 6.07) is 0. The summed E-state index contributed by atoms with van der Waals surface area (Å²) < 4.78 is 16.8. The Labute approximate surface area is 485 Å². The molecule has 6 nitrogen and oxygen atoms in total. The minimum absolute atomic E-state index is 0.106. The standard InChI is InChI=1S/C73H114O6/c1-4-7-10-13-16-19-22-24-26-28-29-30-31-32-33-34-35-36-37-38-39-40-41-42-43-45-46-48-51-54-57-60-63-66-72(75)78-69-70(68-77-71(74)65-62-59-56-53-50-21-18-15-12-9-6-3)79-73(76)67-64-61-58-55-52-49-47-44-27-25-23-20-17-14-11-8-5-2/h7-8,10-11,15-20,24-27,29-30,32-33,35-36,38-39,41-42,45-47,49,70H,4-6,9,12-14,21-23,28,31,34,37,40,43-44,48,50-69H2,1-3H3/b10-7-,11-8-,18-15-,19-16-,20-17-,26-24-,27-25-,30-29-,33-32-,36-35-,39-38-,42-41-,46-45-,49-47-. The number of ether oxygens (including phenoxy) is 3. The first kappa shape index (κ1) is 73.8. The maximum Gasteiger partial charge on any atom is 0.306 e. The highest BCUT2D eigenvalue weighted by Gasteiger charge is 2.19. The minimum atomic E-state index is -0.811. The Bertz CT molecular complexity index is 1820. The van der Waals surface area contributed by atoms with Gasteiger partial charge in [-0.05, 0) is 148 Å². The summed E-state index contributed by atoms with van der Waals surface area (Å²) in [6.07, 6.45) is 96.5. The summed E-state index contributed by atoms with van der Waals surface area (Å²) in [6.45, 7) is 6.31. The van der Waals surface area contributed by atoms with Gasteiger partial charge in [-0.2, -0.15) is 0 Å². The molecule has 1 atom stereocenters. The molecule has 0 rings (SSSR count). The smallest absolute Gasteiger partial charge is 0.306 e. The normalized spacial score (nSPS) is 13.3. The van der Waals surface area contributed by atoms with Gasteiger partial charge in [0, 0.05) is 19.3 Å². The Kier molecular flexibility index (Phi) is 61.0. The van der Waals surface area contributed by atoms with Gasteiger partial charge in [-0.25, -0.2) is 0 Å². The Morgan fingerprint density at radius 2 is 0.494 bits per heavy atom. The van der Waals surface area contributed by atoms with Crippen LogP contribution in [0, 0.1) is 0 Å². The lowest BCUT2D eigenvalue weighted by molar-refractivity contribution is -0.167. The van der Waals surface area contributed by atoms with E-state index in [1.165, 1.54) is 25.7 Å². The third-order valence-corrected chi connectivity index (χ3v) is 12.7. The lowest BCUT2D eigenvalue weighted by Crippen LogP contribution is -2.30. The van der Waals surface area contributed by atoms with Gasteiger partial charge in [-0.15, -0.1) is 0 Å². The van der Waals surface area contributed by atoms with Gasteiger partial charge in [0.25, 0.3) is 0 Å².